The molecule has 0 N–H and O–H groups in total. The van der Waals surface area contributed by atoms with E-state index in [0.29, 0.717) is 5.56 Å². The van der Waals surface area contributed by atoms with E-state index in [1.165, 1.54) is 23.3 Å². The zero-order valence-corrected chi connectivity index (χ0v) is 10.3. The minimum atomic E-state index is -0.530. The Morgan fingerprint density at radius 1 is 0.722 bits per heavy atom. The van der Waals surface area contributed by atoms with E-state index in [4.69, 9.17) is 0 Å². The van der Waals surface area contributed by atoms with Crippen molar-refractivity contribution in [3.8, 4) is 0 Å². The molecule has 0 aliphatic heterocycles. The summed E-state index contributed by atoms with van der Waals surface area (Å²) in [5.74, 6) is -1.02. The van der Waals surface area contributed by atoms with Gasteiger partial charge in [-0.2, -0.15) is 0 Å². The molecule has 2 heteroatoms. The smallest absolute Gasteiger partial charge is 0.129 e. The van der Waals surface area contributed by atoms with Gasteiger partial charge in [0, 0.05) is 6.07 Å². The van der Waals surface area contributed by atoms with Crippen LogP contribution in [0.3, 0.4) is 0 Å². The van der Waals surface area contributed by atoms with Gasteiger partial charge in [-0.15, -0.1) is 0 Å². The van der Waals surface area contributed by atoms with E-state index in [2.05, 4.69) is 38.1 Å². The average Bonchev–Trinajstić information content (AvgIpc) is 2.29. The molecule has 0 aliphatic carbocycles. The second-order valence-corrected chi connectivity index (χ2v) is 4.05. The molecule has 0 aromatic heterocycles. The van der Waals surface area contributed by atoms with Gasteiger partial charge in [-0.25, -0.2) is 8.78 Å². The van der Waals surface area contributed by atoms with E-state index in [0.717, 1.165) is 6.07 Å². The molecule has 0 aliphatic rings. The van der Waals surface area contributed by atoms with E-state index >= 15 is 0 Å². The average molecular weight is 250 g/mol. The van der Waals surface area contributed by atoms with Gasteiger partial charge in [-0.1, -0.05) is 48.9 Å². The highest BCUT2D eigenvalue weighted by atomic mass is 19.1. The molecular weight excluding hydrogens is 230 g/mol. The van der Waals surface area contributed by atoms with Crippen LogP contribution in [0.1, 0.15) is 24.1 Å². The van der Waals surface area contributed by atoms with E-state index in [1.54, 1.807) is 6.92 Å². The predicted molar refractivity (Wildman–Crippen MR) is 73.7 cm³/mol. The summed E-state index contributed by atoms with van der Waals surface area (Å²) >= 11 is 0. The van der Waals surface area contributed by atoms with Crippen LogP contribution in [0.4, 0.5) is 8.78 Å². The minimum Gasteiger partial charge on any atom is -0.207 e. The Bertz CT molecular complexity index is 452. The third-order valence-corrected chi connectivity index (χ3v) is 2.35. The molecule has 0 radical (unpaired) electrons. The van der Waals surface area contributed by atoms with Crippen LogP contribution in [0.25, 0.3) is 0 Å². The van der Waals surface area contributed by atoms with Crippen molar-refractivity contribution in [2.24, 2.45) is 0 Å². The van der Waals surface area contributed by atoms with Gasteiger partial charge in [-0.05, 0) is 32.4 Å². The number of aryl methyl sites for hydroxylation is 3. The molecule has 0 spiro atoms. The lowest BCUT2D eigenvalue weighted by atomic mass is 10.2. The van der Waals surface area contributed by atoms with Crippen LogP contribution in [0.15, 0.2) is 42.5 Å². The number of halogens is 2. The molecule has 0 saturated carbocycles. The van der Waals surface area contributed by atoms with Gasteiger partial charge in [0.05, 0.1) is 0 Å². The Hall–Kier alpha value is -1.70. The van der Waals surface area contributed by atoms with E-state index < -0.39 is 11.6 Å². The van der Waals surface area contributed by atoms with Gasteiger partial charge in [0.25, 0.3) is 0 Å². The number of hydrogen-bond acceptors (Lipinski definition) is 0. The first-order valence-corrected chi connectivity index (χ1v) is 5.44. The van der Waals surface area contributed by atoms with Gasteiger partial charge in [0.1, 0.15) is 11.6 Å². The molecule has 0 atom stereocenters. The molecule has 0 fully saturated rings. The number of rotatable bonds is 0. The Morgan fingerprint density at radius 3 is 1.50 bits per heavy atom. The fraction of sp³-hybridized carbons (Fsp3) is 0.250. The molecular formula is C16H20F2. The highest BCUT2D eigenvalue weighted by Crippen LogP contribution is 2.06. The van der Waals surface area contributed by atoms with E-state index in [9.17, 15) is 8.78 Å². The lowest BCUT2D eigenvalue weighted by Crippen LogP contribution is -1.81. The zero-order chi connectivity index (χ0) is 12.8. The lowest BCUT2D eigenvalue weighted by molar-refractivity contribution is 0.577. The lowest BCUT2D eigenvalue weighted by Gasteiger charge is -1.92. The largest absolute Gasteiger partial charge is 0.207 e. The Labute approximate surface area is 108 Å². The summed E-state index contributed by atoms with van der Waals surface area (Å²) in [4.78, 5) is 0. The van der Waals surface area contributed by atoms with Crippen LogP contribution in [0.2, 0.25) is 0 Å². The second kappa shape index (κ2) is 7.59. The summed E-state index contributed by atoms with van der Waals surface area (Å²) in [5.41, 5.74) is 3.13. The summed E-state index contributed by atoms with van der Waals surface area (Å²) in [6.45, 7) is 5.79. The zero-order valence-electron chi connectivity index (χ0n) is 10.3. The predicted octanol–water partition coefficient (Wildman–Crippen LogP) is 5.21. The molecule has 0 unspecified atom stereocenters. The first kappa shape index (κ1) is 16.3. The fourth-order valence-corrected chi connectivity index (χ4v) is 1.20. The highest BCUT2D eigenvalue weighted by Gasteiger charge is 1.95. The van der Waals surface area contributed by atoms with Crippen LogP contribution < -0.4 is 0 Å². The maximum atomic E-state index is 12.3. The van der Waals surface area contributed by atoms with Crippen LogP contribution >= 0.6 is 0 Å². The van der Waals surface area contributed by atoms with Crippen LogP contribution in [-0.4, -0.2) is 0 Å². The normalized spacial score (nSPS) is 8.94. The highest BCUT2D eigenvalue weighted by molar-refractivity contribution is 5.19. The quantitative estimate of drug-likeness (QED) is 0.602. The molecule has 2 rings (SSSR count). The van der Waals surface area contributed by atoms with Crippen molar-refractivity contribution in [3.05, 3.63) is 70.8 Å². The second-order valence-electron chi connectivity index (χ2n) is 4.05. The fourth-order valence-electron chi connectivity index (χ4n) is 1.20. The van der Waals surface area contributed by atoms with Crippen molar-refractivity contribution in [1.29, 1.82) is 0 Å². The molecule has 0 bridgehead atoms. The van der Waals surface area contributed by atoms with Crippen molar-refractivity contribution >= 4 is 0 Å². The topological polar surface area (TPSA) is 0 Å². The van der Waals surface area contributed by atoms with Crippen LogP contribution in [-0.2, 0) is 0 Å². The summed E-state index contributed by atoms with van der Waals surface area (Å²) in [5, 5.41) is 0. The number of benzene rings is 2. The van der Waals surface area contributed by atoms with Crippen molar-refractivity contribution in [1.82, 2.24) is 0 Å². The number of hydrogen-bond donors (Lipinski definition) is 0. The third-order valence-electron chi connectivity index (χ3n) is 2.35. The Morgan fingerprint density at radius 2 is 1.17 bits per heavy atom. The maximum absolute atomic E-state index is 12.3. The summed E-state index contributed by atoms with van der Waals surface area (Å²) < 4.78 is 24.4. The van der Waals surface area contributed by atoms with E-state index in [-0.39, 0.29) is 7.43 Å². The van der Waals surface area contributed by atoms with Gasteiger partial charge in [-0.3, -0.25) is 0 Å². The van der Waals surface area contributed by atoms with Crippen molar-refractivity contribution in [2.45, 2.75) is 28.2 Å². The van der Waals surface area contributed by atoms with Crippen molar-refractivity contribution in [2.75, 3.05) is 0 Å². The van der Waals surface area contributed by atoms with Crippen molar-refractivity contribution in [3.63, 3.8) is 0 Å². The molecule has 0 saturated heterocycles. The standard InChI is InChI=1S/C8H10.C7H6F2.CH4/c1-7-3-5-8(2)6-4-7;1-5-2-3-6(8)4-7(5)9;/h3-6H,1-2H3;2-4H,1H3;1H4. The molecule has 0 nitrogen and oxygen atoms in total. The molecule has 0 heterocycles. The summed E-state index contributed by atoms with van der Waals surface area (Å²) in [6.07, 6.45) is 0. The molecule has 18 heavy (non-hydrogen) atoms. The van der Waals surface area contributed by atoms with Gasteiger partial charge in [0.2, 0.25) is 0 Å². The first-order valence-electron chi connectivity index (χ1n) is 5.44. The SMILES string of the molecule is C.Cc1ccc(C)cc1.Cc1ccc(F)cc1F. The summed E-state index contributed by atoms with van der Waals surface area (Å²) in [7, 11) is 0. The monoisotopic (exact) mass is 250 g/mol. The van der Waals surface area contributed by atoms with E-state index in [1.807, 2.05) is 0 Å². The molecule has 0 amide bonds. The molecule has 98 valence electrons. The van der Waals surface area contributed by atoms with Gasteiger partial charge >= 0.3 is 0 Å². The maximum Gasteiger partial charge on any atom is 0.129 e. The molecule has 2 aromatic carbocycles. The Balaban J connectivity index is 0.000000306. The molecule has 2 aromatic rings. The minimum absolute atomic E-state index is 0. The Kier molecular flexibility index (Phi) is 6.88. The van der Waals surface area contributed by atoms with Gasteiger partial charge < -0.3 is 0 Å². The third kappa shape index (κ3) is 5.58. The van der Waals surface area contributed by atoms with Crippen LogP contribution in [0.5, 0.6) is 0 Å². The van der Waals surface area contributed by atoms with Gasteiger partial charge in [0.15, 0.2) is 0 Å². The first-order chi connectivity index (χ1) is 7.99. The van der Waals surface area contributed by atoms with Crippen LogP contribution in [0, 0.1) is 32.4 Å². The van der Waals surface area contributed by atoms with Crippen molar-refractivity contribution < 1.29 is 8.78 Å². The summed E-state index contributed by atoms with van der Waals surface area (Å²) in [6, 6.07) is 12.0.